The molecule has 0 aliphatic carbocycles. The molecule has 0 saturated heterocycles. The van der Waals surface area contributed by atoms with Crippen LogP contribution >= 0.6 is 35.6 Å². The van der Waals surface area contributed by atoms with Crippen molar-refractivity contribution in [2.24, 2.45) is 10.6 Å². The van der Waals surface area contributed by atoms with E-state index in [1.807, 2.05) is 0 Å². The molecular formula is C18H21ClN2O5S3. The van der Waals surface area contributed by atoms with Gasteiger partial charge in [0.25, 0.3) is 0 Å². The van der Waals surface area contributed by atoms with Crippen molar-refractivity contribution in [3.63, 3.8) is 0 Å². The van der Waals surface area contributed by atoms with E-state index in [2.05, 4.69) is 5.32 Å². The molecule has 3 N–H and O–H groups in total. The summed E-state index contributed by atoms with van der Waals surface area (Å²) in [5.74, 6) is 0.283. The number of thiocarbonyl (C=S) groups is 1. The van der Waals surface area contributed by atoms with Gasteiger partial charge in [-0.05, 0) is 45.0 Å². The van der Waals surface area contributed by atoms with Crippen LogP contribution in [0.3, 0.4) is 0 Å². The Hall–Kier alpha value is -1.59. The number of carbonyl (C=O) groups excluding carboxylic acids is 1. The summed E-state index contributed by atoms with van der Waals surface area (Å²) in [5, 5.41) is 8.33. The van der Waals surface area contributed by atoms with Crippen LogP contribution in [0.25, 0.3) is 0 Å². The summed E-state index contributed by atoms with van der Waals surface area (Å²) in [6.07, 6.45) is 1.54. The van der Waals surface area contributed by atoms with Crippen LogP contribution in [0.1, 0.15) is 32.1 Å². The van der Waals surface area contributed by atoms with Gasteiger partial charge < -0.3 is 14.5 Å². The maximum Gasteiger partial charge on any atom is 0.312 e. The van der Waals surface area contributed by atoms with Crippen LogP contribution in [0.4, 0.5) is 5.69 Å². The fraction of sp³-hybridized carbons (Fsp3) is 0.333. The summed E-state index contributed by atoms with van der Waals surface area (Å²) in [6.45, 7) is 5.56. The fourth-order valence-corrected chi connectivity index (χ4v) is 4.12. The predicted octanol–water partition coefficient (Wildman–Crippen LogP) is 4.15. The third kappa shape index (κ3) is 6.71. The molecule has 0 aliphatic heterocycles. The molecule has 1 aromatic carbocycles. The lowest BCUT2D eigenvalue weighted by Crippen LogP contribution is -2.23. The van der Waals surface area contributed by atoms with Crippen molar-refractivity contribution in [3.8, 4) is 0 Å². The van der Waals surface area contributed by atoms with E-state index in [0.29, 0.717) is 27.8 Å². The number of furan rings is 1. The molecule has 0 bridgehead atoms. The number of carbonyl (C=O) groups is 1. The third-order valence-corrected chi connectivity index (χ3v) is 6.29. The summed E-state index contributed by atoms with van der Waals surface area (Å²) < 4.78 is 34.5. The molecule has 0 fully saturated rings. The van der Waals surface area contributed by atoms with Gasteiger partial charge in [0.2, 0.25) is 10.0 Å². The van der Waals surface area contributed by atoms with Gasteiger partial charge in [-0.1, -0.05) is 35.6 Å². The maximum absolute atomic E-state index is 11.9. The number of primary sulfonamides is 1. The molecule has 2 rings (SSSR count). The topological polar surface area (TPSA) is 112 Å². The largest absolute Gasteiger partial charge is 0.467 e. The highest BCUT2D eigenvalue weighted by molar-refractivity contribution is 8.23. The Bertz CT molecular complexity index is 999. The first-order valence-corrected chi connectivity index (χ1v) is 11.7. The number of hydrogen-bond donors (Lipinski definition) is 2. The zero-order valence-electron chi connectivity index (χ0n) is 16.0. The van der Waals surface area contributed by atoms with Crippen molar-refractivity contribution >= 4 is 61.5 Å². The van der Waals surface area contributed by atoms with E-state index >= 15 is 0 Å². The molecule has 158 valence electrons. The Morgan fingerprint density at radius 1 is 1.38 bits per heavy atom. The summed E-state index contributed by atoms with van der Waals surface area (Å²) in [7, 11) is -4.05. The quantitative estimate of drug-likeness (QED) is 0.348. The molecule has 0 atom stereocenters. The van der Waals surface area contributed by atoms with Crippen LogP contribution < -0.4 is 10.5 Å². The number of rotatable bonds is 7. The summed E-state index contributed by atoms with van der Waals surface area (Å²) >= 11 is 12.6. The number of sulfonamides is 1. The number of nitrogens with one attached hydrogen (secondary N) is 1. The van der Waals surface area contributed by atoms with Crippen LogP contribution in [0.15, 0.2) is 39.8 Å². The Balaban J connectivity index is 2.25. The standard InChI is InChI=1S/C18H21ClN2O5S3/c1-18(2,3)17(22)26-10-28-16(27)12-7-15(29(20,23)24)13(19)8-14(12)21-9-11-5-4-6-25-11/h4-8,21H,9-10H2,1-3H3,(H2,20,23,24). The van der Waals surface area contributed by atoms with Crippen molar-refractivity contribution < 1.29 is 22.4 Å². The van der Waals surface area contributed by atoms with Crippen molar-refractivity contribution in [3.05, 3.63) is 46.9 Å². The van der Waals surface area contributed by atoms with Crippen molar-refractivity contribution in [1.82, 2.24) is 0 Å². The molecule has 29 heavy (non-hydrogen) atoms. The number of thioether (sulfide) groups is 1. The Morgan fingerprint density at radius 2 is 2.07 bits per heavy atom. The highest BCUT2D eigenvalue weighted by Crippen LogP contribution is 2.32. The summed E-state index contributed by atoms with van der Waals surface area (Å²) in [4.78, 5) is 11.7. The van der Waals surface area contributed by atoms with Gasteiger partial charge in [0.1, 0.15) is 16.6 Å². The van der Waals surface area contributed by atoms with Gasteiger partial charge >= 0.3 is 5.97 Å². The zero-order chi connectivity index (χ0) is 21.8. The third-order valence-electron chi connectivity index (χ3n) is 3.62. The molecule has 0 spiro atoms. The van der Waals surface area contributed by atoms with Gasteiger partial charge in [-0.2, -0.15) is 0 Å². The highest BCUT2D eigenvalue weighted by atomic mass is 35.5. The van der Waals surface area contributed by atoms with Gasteiger partial charge in [0.15, 0.2) is 0 Å². The number of benzene rings is 1. The first-order chi connectivity index (χ1) is 13.4. The first-order valence-electron chi connectivity index (χ1n) is 8.36. The maximum atomic E-state index is 11.9. The van der Waals surface area contributed by atoms with E-state index in [-0.39, 0.29) is 21.8 Å². The second kappa shape index (κ2) is 9.48. The highest BCUT2D eigenvalue weighted by Gasteiger charge is 2.24. The number of anilines is 1. The van der Waals surface area contributed by atoms with E-state index < -0.39 is 15.4 Å². The van der Waals surface area contributed by atoms with Gasteiger partial charge in [-0.3, -0.25) is 4.79 Å². The SMILES string of the molecule is CC(C)(C)C(=O)OCSC(=S)c1cc(S(N)(=O)=O)c(Cl)cc1NCc1ccco1. The normalized spacial score (nSPS) is 11.9. The molecule has 1 aromatic heterocycles. The smallest absolute Gasteiger partial charge is 0.312 e. The number of nitrogens with two attached hydrogens (primary N) is 1. The number of ether oxygens (including phenoxy) is 1. The minimum absolute atomic E-state index is 0.0140. The molecule has 11 heteroatoms. The van der Waals surface area contributed by atoms with E-state index in [9.17, 15) is 13.2 Å². The molecule has 1 heterocycles. The summed E-state index contributed by atoms with van der Waals surface area (Å²) in [5.41, 5.74) is 0.258. The number of halogens is 1. The van der Waals surface area contributed by atoms with E-state index in [1.165, 1.54) is 12.1 Å². The molecule has 0 unspecified atom stereocenters. The minimum Gasteiger partial charge on any atom is -0.467 e. The Kier molecular flexibility index (Phi) is 7.74. The summed E-state index contributed by atoms with van der Waals surface area (Å²) in [6, 6.07) is 6.28. The molecule has 0 radical (unpaired) electrons. The number of esters is 1. The molecule has 0 saturated carbocycles. The predicted molar refractivity (Wildman–Crippen MR) is 119 cm³/mol. The van der Waals surface area contributed by atoms with Gasteiger partial charge in [0.05, 0.1) is 27.4 Å². The minimum atomic E-state index is -4.05. The second-order valence-corrected chi connectivity index (χ2v) is 10.6. The lowest BCUT2D eigenvalue weighted by Gasteiger charge is -2.17. The van der Waals surface area contributed by atoms with Gasteiger partial charge in [0, 0.05) is 11.3 Å². The van der Waals surface area contributed by atoms with Gasteiger partial charge in [-0.15, -0.1) is 0 Å². The van der Waals surface area contributed by atoms with Crippen LogP contribution in [-0.4, -0.2) is 24.5 Å². The van der Waals surface area contributed by atoms with E-state index in [1.54, 1.807) is 39.2 Å². The molecule has 2 aromatic rings. The van der Waals surface area contributed by atoms with Gasteiger partial charge in [-0.25, -0.2) is 13.6 Å². The van der Waals surface area contributed by atoms with E-state index in [0.717, 1.165) is 11.8 Å². The average Bonchev–Trinajstić information content (AvgIpc) is 3.11. The van der Waals surface area contributed by atoms with Crippen molar-refractivity contribution in [1.29, 1.82) is 0 Å². The Labute approximate surface area is 184 Å². The molecular weight excluding hydrogens is 456 g/mol. The van der Waals surface area contributed by atoms with Crippen LogP contribution in [-0.2, 0) is 26.1 Å². The molecule has 0 amide bonds. The van der Waals surface area contributed by atoms with Crippen molar-refractivity contribution in [2.75, 3.05) is 11.3 Å². The van der Waals surface area contributed by atoms with E-state index in [4.69, 9.17) is 38.1 Å². The first kappa shape index (κ1) is 23.7. The molecule has 7 nitrogen and oxygen atoms in total. The monoisotopic (exact) mass is 476 g/mol. The van der Waals surface area contributed by atoms with Crippen LogP contribution in [0.5, 0.6) is 0 Å². The van der Waals surface area contributed by atoms with Crippen LogP contribution in [0, 0.1) is 5.41 Å². The second-order valence-electron chi connectivity index (χ2n) is 7.04. The molecule has 0 aliphatic rings. The Morgan fingerprint density at radius 3 is 2.62 bits per heavy atom. The zero-order valence-corrected chi connectivity index (χ0v) is 19.2. The average molecular weight is 477 g/mol. The fourth-order valence-electron chi connectivity index (χ4n) is 2.11. The van der Waals surface area contributed by atoms with Crippen LogP contribution in [0.2, 0.25) is 5.02 Å². The van der Waals surface area contributed by atoms with Crippen molar-refractivity contribution in [2.45, 2.75) is 32.2 Å². The lowest BCUT2D eigenvalue weighted by atomic mass is 9.98. The lowest BCUT2D eigenvalue weighted by molar-refractivity contribution is -0.150. The number of hydrogen-bond acceptors (Lipinski definition) is 8.